The molecule has 0 bridgehead atoms. The van der Waals surface area contributed by atoms with Gasteiger partial charge in [0.15, 0.2) is 6.61 Å². The highest BCUT2D eigenvalue weighted by atomic mass is 16.5. The molecule has 0 fully saturated rings. The molecule has 1 atom stereocenters. The summed E-state index contributed by atoms with van der Waals surface area (Å²) >= 11 is 0. The molecular formula is C20H26N2O4. The standard InChI is InChI=1S/C20H26N2O4/c1-4-16(5-2)21-19(24)13-26-20(25)12-18-17-9-7-6-8-15(17)10-11-22(18)14(3)23/h6-11,16,18H,4-5,12-13H2,1-3H3,(H,21,24)/t18-/m1/s1. The highest BCUT2D eigenvalue weighted by Crippen LogP contribution is 2.32. The van der Waals surface area contributed by atoms with Crippen LogP contribution in [0.2, 0.25) is 0 Å². The first-order valence-electron chi connectivity index (χ1n) is 8.97. The molecule has 1 aliphatic heterocycles. The van der Waals surface area contributed by atoms with E-state index in [1.54, 1.807) is 6.20 Å². The number of hydrogen-bond donors (Lipinski definition) is 1. The van der Waals surface area contributed by atoms with Gasteiger partial charge in [0.25, 0.3) is 5.91 Å². The van der Waals surface area contributed by atoms with Crippen molar-refractivity contribution in [2.24, 2.45) is 0 Å². The van der Waals surface area contributed by atoms with E-state index in [0.29, 0.717) is 0 Å². The Balaban J connectivity index is 1.99. The van der Waals surface area contributed by atoms with Crippen LogP contribution in [0.25, 0.3) is 6.08 Å². The van der Waals surface area contributed by atoms with Crippen LogP contribution < -0.4 is 5.32 Å². The molecule has 0 saturated heterocycles. The summed E-state index contributed by atoms with van der Waals surface area (Å²) in [7, 11) is 0. The number of benzene rings is 1. The molecular weight excluding hydrogens is 332 g/mol. The topological polar surface area (TPSA) is 75.7 Å². The second kappa shape index (κ2) is 9.17. The first kappa shape index (κ1) is 19.7. The normalized spacial score (nSPS) is 15.5. The Morgan fingerprint density at radius 3 is 2.54 bits per heavy atom. The predicted molar refractivity (Wildman–Crippen MR) is 98.8 cm³/mol. The third-order valence-electron chi connectivity index (χ3n) is 4.54. The number of ether oxygens (including phenoxy) is 1. The fourth-order valence-corrected chi connectivity index (χ4v) is 3.04. The summed E-state index contributed by atoms with van der Waals surface area (Å²) in [5.74, 6) is -0.967. The van der Waals surface area contributed by atoms with Gasteiger partial charge < -0.3 is 15.0 Å². The number of carbonyl (C=O) groups excluding carboxylic acids is 3. The van der Waals surface area contributed by atoms with Crippen LogP contribution in [0.3, 0.4) is 0 Å². The maximum atomic E-state index is 12.3. The molecule has 2 rings (SSSR count). The van der Waals surface area contributed by atoms with E-state index >= 15 is 0 Å². The van der Waals surface area contributed by atoms with E-state index in [1.165, 1.54) is 11.8 Å². The van der Waals surface area contributed by atoms with Crippen molar-refractivity contribution in [1.82, 2.24) is 10.2 Å². The summed E-state index contributed by atoms with van der Waals surface area (Å²) < 4.78 is 5.13. The summed E-state index contributed by atoms with van der Waals surface area (Å²) in [6, 6.07) is 7.27. The fourth-order valence-electron chi connectivity index (χ4n) is 3.04. The van der Waals surface area contributed by atoms with Crippen molar-refractivity contribution < 1.29 is 19.1 Å². The van der Waals surface area contributed by atoms with Gasteiger partial charge in [-0.3, -0.25) is 14.4 Å². The lowest BCUT2D eigenvalue weighted by atomic mass is 9.94. The lowest BCUT2D eigenvalue weighted by molar-refractivity contribution is -0.150. The average Bonchev–Trinajstić information content (AvgIpc) is 2.64. The molecule has 0 aliphatic carbocycles. The van der Waals surface area contributed by atoms with Crippen molar-refractivity contribution in [1.29, 1.82) is 0 Å². The molecule has 26 heavy (non-hydrogen) atoms. The van der Waals surface area contributed by atoms with E-state index in [0.717, 1.165) is 24.0 Å². The molecule has 2 amide bonds. The molecule has 6 heteroatoms. The number of fused-ring (bicyclic) bond motifs is 1. The van der Waals surface area contributed by atoms with Crippen LogP contribution >= 0.6 is 0 Å². The zero-order chi connectivity index (χ0) is 19.1. The summed E-state index contributed by atoms with van der Waals surface area (Å²) in [6.07, 6.45) is 5.19. The molecule has 1 aliphatic rings. The van der Waals surface area contributed by atoms with E-state index in [2.05, 4.69) is 5.32 Å². The van der Waals surface area contributed by atoms with E-state index < -0.39 is 12.0 Å². The highest BCUT2D eigenvalue weighted by molar-refractivity contribution is 5.82. The van der Waals surface area contributed by atoms with Crippen molar-refractivity contribution >= 4 is 23.9 Å². The molecule has 1 aromatic rings. The van der Waals surface area contributed by atoms with E-state index in [1.807, 2.05) is 44.2 Å². The summed E-state index contributed by atoms with van der Waals surface area (Å²) in [4.78, 5) is 37.6. The van der Waals surface area contributed by atoms with Crippen molar-refractivity contribution in [2.75, 3.05) is 6.61 Å². The first-order chi connectivity index (χ1) is 12.5. The fraction of sp³-hybridized carbons (Fsp3) is 0.450. The van der Waals surface area contributed by atoms with E-state index in [-0.39, 0.29) is 30.9 Å². The number of amides is 2. The van der Waals surface area contributed by atoms with Gasteiger partial charge in [-0.1, -0.05) is 38.1 Å². The second-order valence-corrected chi connectivity index (χ2v) is 6.33. The van der Waals surface area contributed by atoms with Crippen LogP contribution in [0.5, 0.6) is 0 Å². The number of nitrogens with zero attached hydrogens (tertiary/aromatic N) is 1. The minimum absolute atomic E-state index is 0.000796. The maximum Gasteiger partial charge on any atom is 0.308 e. The minimum Gasteiger partial charge on any atom is -0.456 e. The lowest BCUT2D eigenvalue weighted by Gasteiger charge is -2.32. The summed E-state index contributed by atoms with van der Waals surface area (Å²) in [5.41, 5.74) is 1.86. The van der Waals surface area contributed by atoms with Gasteiger partial charge in [0.1, 0.15) is 0 Å². The summed E-state index contributed by atoms with van der Waals surface area (Å²) in [5, 5.41) is 2.83. The van der Waals surface area contributed by atoms with Crippen LogP contribution in [0.4, 0.5) is 0 Å². The monoisotopic (exact) mass is 358 g/mol. The SMILES string of the molecule is CCC(CC)NC(=O)COC(=O)C[C@@H]1c2ccccc2C=CN1C(C)=O. The van der Waals surface area contributed by atoms with Crippen molar-refractivity contribution in [3.63, 3.8) is 0 Å². The van der Waals surface area contributed by atoms with Crippen molar-refractivity contribution in [3.05, 3.63) is 41.6 Å². The minimum atomic E-state index is -0.508. The largest absolute Gasteiger partial charge is 0.456 e. The zero-order valence-corrected chi connectivity index (χ0v) is 15.5. The second-order valence-electron chi connectivity index (χ2n) is 6.33. The van der Waals surface area contributed by atoms with Gasteiger partial charge >= 0.3 is 5.97 Å². The van der Waals surface area contributed by atoms with Crippen LogP contribution in [0.15, 0.2) is 30.5 Å². The van der Waals surface area contributed by atoms with Gasteiger partial charge in [0.2, 0.25) is 5.91 Å². The van der Waals surface area contributed by atoms with Gasteiger partial charge in [-0.05, 0) is 30.0 Å². The Morgan fingerprint density at radius 2 is 1.88 bits per heavy atom. The Morgan fingerprint density at radius 1 is 1.19 bits per heavy atom. The number of carbonyl (C=O) groups is 3. The molecule has 6 nitrogen and oxygen atoms in total. The first-order valence-corrected chi connectivity index (χ1v) is 8.97. The van der Waals surface area contributed by atoms with Crippen LogP contribution in [-0.4, -0.2) is 35.3 Å². The van der Waals surface area contributed by atoms with E-state index in [9.17, 15) is 14.4 Å². The molecule has 0 saturated carbocycles. The van der Waals surface area contributed by atoms with Gasteiger partial charge in [-0.25, -0.2) is 0 Å². The number of hydrogen-bond acceptors (Lipinski definition) is 4. The Bertz CT molecular complexity index is 695. The van der Waals surface area contributed by atoms with Gasteiger partial charge in [0, 0.05) is 19.2 Å². The van der Waals surface area contributed by atoms with Crippen LogP contribution in [-0.2, 0) is 19.1 Å². The molecule has 140 valence electrons. The van der Waals surface area contributed by atoms with Gasteiger partial charge in [0.05, 0.1) is 12.5 Å². The molecule has 1 aromatic carbocycles. The van der Waals surface area contributed by atoms with Gasteiger partial charge in [-0.15, -0.1) is 0 Å². The highest BCUT2D eigenvalue weighted by Gasteiger charge is 2.29. The van der Waals surface area contributed by atoms with Crippen molar-refractivity contribution in [2.45, 2.75) is 52.1 Å². The molecule has 0 radical (unpaired) electrons. The summed E-state index contributed by atoms with van der Waals surface area (Å²) in [6.45, 7) is 5.13. The number of rotatable bonds is 7. The Hall–Kier alpha value is -2.63. The Labute approximate surface area is 154 Å². The number of nitrogens with one attached hydrogen (secondary N) is 1. The van der Waals surface area contributed by atoms with Crippen molar-refractivity contribution in [3.8, 4) is 0 Å². The molecule has 0 unspecified atom stereocenters. The van der Waals surface area contributed by atoms with Crippen LogP contribution in [0.1, 0.15) is 57.2 Å². The third kappa shape index (κ3) is 4.94. The average molecular weight is 358 g/mol. The molecule has 1 N–H and O–H groups in total. The predicted octanol–water partition coefficient (Wildman–Crippen LogP) is 2.80. The molecule has 1 heterocycles. The van der Waals surface area contributed by atoms with Gasteiger partial charge in [-0.2, -0.15) is 0 Å². The number of esters is 1. The molecule has 0 aromatic heterocycles. The maximum absolute atomic E-state index is 12.3. The lowest BCUT2D eigenvalue weighted by Crippen LogP contribution is -2.37. The van der Waals surface area contributed by atoms with Crippen LogP contribution in [0, 0.1) is 0 Å². The zero-order valence-electron chi connectivity index (χ0n) is 15.5. The van der Waals surface area contributed by atoms with E-state index in [4.69, 9.17) is 4.74 Å². The Kier molecular flexibility index (Phi) is 6.95. The quantitative estimate of drug-likeness (QED) is 0.761. The molecule has 0 spiro atoms. The smallest absolute Gasteiger partial charge is 0.308 e. The third-order valence-corrected chi connectivity index (χ3v) is 4.54.